The number of aliphatic hydroxyl groups is 1. The standard InChI is InChI=1S/C32H27FN4O4/c1-15-12-18(33)14-23-27(15)36-31(40)37(30(23)39)25-7-5-6-19(16(25)2)20-10-11-22(29(34)38)28-26(20)21-9-8-17(32(3,4)41)13-24(21)35-28/h5-14,35,41H,1-4H3,(H2,34,38)(H,36,40). The number of primary amides is 1. The highest BCUT2D eigenvalue weighted by Crippen LogP contribution is 2.39. The number of carbonyl (C=O) groups excluding carboxylic acids is 1. The van der Waals surface area contributed by atoms with Crippen molar-refractivity contribution in [1.29, 1.82) is 0 Å². The molecule has 0 fully saturated rings. The molecule has 0 atom stereocenters. The van der Waals surface area contributed by atoms with Crippen LogP contribution in [-0.4, -0.2) is 25.5 Å². The van der Waals surface area contributed by atoms with Gasteiger partial charge in [-0.2, -0.15) is 0 Å². The Hall–Kier alpha value is -5.02. The lowest BCUT2D eigenvalue weighted by Crippen LogP contribution is -2.34. The fourth-order valence-electron chi connectivity index (χ4n) is 5.65. The molecule has 6 aromatic rings. The molecule has 0 unspecified atom stereocenters. The predicted octanol–water partition coefficient (Wildman–Crippen LogP) is 5.06. The molecule has 0 bridgehead atoms. The Bertz CT molecular complexity index is 2200. The van der Waals surface area contributed by atoms with E-state index in [1.54, 1.807) is 52.0 Å². The summed E-state index contributed by atoms with van der Waals surface area (Å²) < 4.78 is 15.2. The topological polar surface area (TPSA) is 134 Å². The quantitative estimate of drug-likeness (QED) is 0.244. The first-order chi connectivity index (χ1) is 19.4. The van der Waals surface area contributed by atoms with Gasteiger partial charge in [-0.25, -0.2) is 13.8 Å². The van der Waals surface area contributed by atoms with Gasteiger partial charge in [0, 0.05) is 16.3 Å². The van der Waals surface area contributed by atoms with Gasteiger partial charge in [-0.15, -0.1) is 0 Å². The highest BCUT2D eigenvalue weighted by molar-refractivity contribution is 6.20. The van der Waals surface area contributed by atoms with Gasteiger partial charge in [0.15, 0.2) is 0 Å². The predicted molar refractivity (Wildman–Crippen MR) is 158 cm³/mol. The number of hydrogen-bond donors (Lipinski definition) is 4. The average Bonchev–Trinajstić information content (AvgIpc) is 3.28. The minimum atomic E-state index is -1.08. The van der Waals surface area contributed by atoms with Crippen molar-refractivity contribution in [2.24, 2.45) is 5.73 Å². The summed E-state index contributed by atoms with van der Waals surface area (Å²) in [6, 6.07) is 16.6. The van der Waals surface area contributed by atoms with E-state index in [4.69, 9.17) is 5.73 Å². The van der Waals surface area contributed by atoms with E-state index in [1.165, 1.54) is 6.07 Å². The maximum atomic E-state index is 14.2. The lowest BCUT2D eigenvalue weighted by Gasteiger charge is -2.17. The van der Waals surface area contributed by atoms with Crippen LogP contribution in [0, 0.1) is 19.7 Å². The number of benzene rings is 4. The third-order valence-electron chi connectivity index (χ3n) is 7.73. The molecule has 2 aromatic heterocycles. The Morgan fingerprint density at radius 2 is 1.68 bits per heavy atom. The van der Waals surface area contributed by atoms with Crippen LogP contribution in [0.15, 0.2) is 70.3 Å². The fraction of sp³-hybridized carbons (Fsp3) is 0.156. The summed E-state index contributed by atoms with van der Waals surface area (Å²) in [5, 5.41) is 12.2. The van der Waals surface area contributed by atoms with Gasteiger partial charge in [-0.3, -0.25) is 9.59 Å². The molecule has 0 saturated heterocycles. The van der Waals surface area contributed by atoms with E-state index in [-0.39, 0.29) is 5.39 Å². The molecule has 1 amide bonds. The van der Waals surface area contributed by atoms with Crippen LogP contribution in [0.4, 0.5) is 4.39 Å². The third-order valence-corrected chi connectivity index (χ3v) is 7.73. The number of nitrogens with zero attached hydrogens (tertiary/aromatic N) is 1. The van der Waals surface area contributed by atoms with E-state index in [2.05, 4.69) is 9.97 Å². The summed E-state index contributed by atoms with van der Waals surface area (Å²) >= 11 is 0. The van der Waals surface area contributed by atoms with Crippen molar-refractivity contribution < 1.29 is 14.3 Å². The number of fused-ring (bicyclic) bond motifs is 4. The van der Waals surface area contributed by atoms with Crippen LogP contribution in [0.1, 0.15) is 40.9 Å². The Morgan fingerprint density at radius 1 is 0.927 bits per heavy atom. The van der Waals surface area contributed by atoms with Crippen molar-refractivity contribution in [3.8, 4) is 16.8 Å². The molecule has 9 heteroatoms. The van der Waals surface area contributed by atoms with Gasteiger partial charge < -0.3 is 20.8 Å². The van der Waals surface area contributed by atoms with Gasteiger partial charge in [0.2, 0.25) is 0 Å². The highest BCUT2D eigenvalue weighted by Gasteiger charge is 2.22. The second kappa shape index (κ2) is 9.00. The van der Waals surface area contributed by atoms with Crippen LogP contribution in [0.25, 0.3) is 49.5 Å². The summed E-state index contributed by atoms with van der Waals surface area (Å²) in [4.78, 5) is 45.1. The lowest BCUT2D eigenvalue weighted by atomic mass is 9.92. The summed E-state index contributed by atoms with van der Waals surface area (Å²) in [5.41, 5.74) is 8.80. The van der Waals surface area contributed by atoms with Crippen molar-refractivity contribution in [2.75, 3.05) is 0 Å². The normalized spacial score (nSPS) is 12.0. The van der Waals surface area contributed by atoms with Crippen LogP contribution in [0.2, 0.25) is 0 Å². The Labute approximate surface area is 232 Å². The summed E-state index contributed by atoms with van der Waals surface area (Å²) in [5.74, 6) is -1.17. The van der Waals surface area contributed by atoms with E-state index in [0.29, 0.717) is 44.5 Å². The van der Waals surface area contributed by atoms with Crippen LogP contribution >= 0.6 is 0 Å². The number of aryl methyl sites for hydroxylation is 1. The van der Waals surface area contributed by atoms with Crippen LogP contribution in [0.5, 0.6) is 0 Å². The fourth-order valence-corrected chi connectivity index (χ4v) is 5.65. The Balaban J connectivity index is 1.66. The number of carbonyl (C=O) groups is 1. The van der Waals surface area contributed by atoms with E-state index in [1.807, 2.05) is 24.3 Å². The summed E-state index contributed by atoms with van der Waals surface area (Å²) in [6.07, 6.45) is 0. The number of nitrogens with one attached hydrogen (secondary N) is 2. The highest BCUT2D eigenvalue weighted by atomic mass is 19.1. The summed E-state index contributed by atoms with van der Waals surface area (Å²) in [6.45, 7) is 6.81. The molecule has 5 N–H and O–H groups in total. The molecule has 2 heterocycles. The summed E-state index contributed by atoms with van der Waals surface area (Å²) in [7, 11) is 0. The third kappa shape index (κ3) is 4.05. The largest absolute Gasteiger partial charge is 0.386 e. The molecule has 6 rings (SSSR count). The minimum Gasteiger partial charge on any atom is -0.386 e. The SMILES string of the molecule is Cc1c(-c2ccc(C(N)=O)c3[nH]c4cc(C(C)(C)O)ccc4c23)cccc1-n1c(=O)[nH]c2c(C)cc(F)cc2c1=O. The minimum absolute atomic E-state index is 0.0688. The number of hydrogen-bond acceptors (Lipinski definition) is 4. The molecule has 41 heavy (non-hydrogen) atoms. The molecule has 0 aliphatic rings. The van der Waals surface area contributed by atoms with Crippen molar-refractivity contribution in [2.45, 2.75) is 33.3 Å². The monoisotopic (exact) mass is 550 g/mol. The molecule has 0 aliphatic heterocycles. The van der Waals surface area contributed by atoms with E-state index in [9.17, 15) is 23.9 Å². The van der Waals surface area contributed by atoms with Gasteiger partial charge in [-0.05, 0) is 85.8 Å². The van der Waals surface area contributed by atoms with Crippen LogP contribution in [0.3, 0.4) is 0 Å². The number of H-pyrrole nitrogens is 2. The number of aromatic amines is 2. The zero-order valence-corrected chi connectivity index (χ0v) is 22.8. The molecule has 0 aliphatic carbocycles. The smallest absolute Gasteiger partial charge is 0.333 e. The van der Waals surface area contributed by atoms with E-state index >= 15 is 0 Å². The van der Waals surface area contributed by atoms with Gasteiger partial charge >= 0.3 is 5.69 Å². The lowest BCUT2D eigenvalue weighted by molar-refractivity contribution is 0.0787. The van der Waals surface area contributed by atoms with Crippen molar-refractivity contribution in [3.05, 3.63) is 110 Å². The van der Waals surface area contributed by atoms with E-state index < -0.39 is 28.6 Å². The molecule has 0 saturated carbocycles. The maximum absolute atomic E-state index is 14.2. The van der Waals surface area contributed by atoms with Gasteiger partial charge in [-0.1, -0.05) is 30.3 Å². The van der Waals surface area contributed by atoms with Crippen molar-refractivity contribution >= 4 is 38.6 Å². The molecule has 8 nitrogen and oxygen atoms in total. The molecular formula is C32H27FN4O4. The zero-order valence-electron chi connectivity index (χ0n) is 22.8. The van der Waals surface area contributed by atoms with Crippen molar-refractivity contribution in [1.82, 2.24) is 14.5 Å². The number of aromatic nitrogens is 3. The Morgan fingerprint density at radius 3 is 2.39 bits per heavy atom. The Kier molecular flexibility index (Phi) is 5.76. The number of nitrogens with two attached hydrogens (primary N) is 1. The molecular weight excluding hydrogens is 523 g/mol. The first-order valence-corrected chi connectivity index (χ1v) is 13.0. The van der Waals surface area contributed by atoms with Gasteiger partial charge in [0.05, 0.1) is 33.3 Å². The molecule has 206 valence electrons. The van der Waals surface area contributed by atoms with Crippen LogP contribution < -0.4 is 17.0 Å². The zero-order chi connectivity index (χ0) is 29.4. The molecule has 0 spiro atoms. The number of amides is 1. The van der Waals surface area contributed by atoms with Gasteiger partial charge in [0.25, 0.3) is 11.5 Å². The molecule has 4 aromatic carbocycles. The van der Waals surface area contributed by atoms with E-state index in [0.717, 1.165) is 32.5 Å². The second-order valence-electron chi connectivity index (χ2n) is 10.9. The first kappa shape index (κ1) is 26.2. The number of rotatable bonds is 4. The van der Waals surface area contributed by atoms with Crippen LogP contribution in [-0.2, 0) is 5.60 Å². The second-order valence-corrected chi connectivity index (χ2v) is 10.9. The van der Waals surface area contributed by atoms with Gasteiger partial charge in [0.1, 0.15) is 5.82 Å². The molecule has 0 radical (unpaired) electrons. The first-order valence-electron chi connectivity index (χ1n) is 13.0. The maximum Gasteiger partial charge on any atom is 0.333 e. The average molecular weight is 551 g/mol. The number of halogens is 1. The van der Waals surface area contributed by atoms with Crippen molar-refractivity contribution in [3.63, 3.8) is 0 Å².